The molecule has 1 aromatic heterocycles. The van der Waals surface area contributed by atoms with Crippen LogP contribution in [0, 0.1) is 13.8 Å². The summed E-state index contributed by atoms with van der Waals surface area (Å²) in [5.41, 5.74) is 2.91. The number of aryl methyl sites for hydroxylation is 2. The quantitative estimate of drug-likeness (QED) is 0.373. The lowest BCUT2D eigenvalue weighted by Gasteiger charge is -2.11. The average Bonchev–Trinajstić information content (AvgIpc) is 3.12. The third kappa shape index (κ3) is 6.11. The van der Waals surface area contributed by atoms with Crippen LogP contribution in [0.1, 0.15) is 17.0 Å². The number of amides is 1. The van der Waals surface area contributed by atoms with Crippen molar-refractivity contribution in [3.05, 3.63) is 72.1 Å². The summed E-state index contributed by atoms with van der Waals surface area (Å²) >= 11 is 1.31. The summed E-state index contributed by atoms with van der Waals surface area (Å²) in [6.07, 6.45) is 1.77. The third-order valence-corrected chi connectivity index (χ3v) is 5.35. The lowest BCUT2D eigenvalue weighted by atomic mass is 10.1. The van der Waals surface area contributed by atoms with E-state index in [1.807, 2.05) is 42.7 Å². The zero-order chi connectivity index (χ0) is 22.2. The maximum absolute atomic E-state index is 12.4. The Hall–Kier alpha value is -3.26. The first kappa shape index (κ1) is 22.4. The van der Waals surface area contributed by atoms with Crippen molar-refractivity contribution in [1.29, 1.82) is 0 Å². The minimum atomic E-state index is -0.157. The van der Waals surface area contributed by atoms with Crippen molar-refractivity contribution in [2.45, 2.75) is 32.2 Å². The van der Waals surface area contributed by atoms with Crippen molar-refractivity contribution in [2.24, 2.45) is 0 Å². The van der Waals surface area contributed by atoms with Crippen LogP contribution in [0.2, 0.25) is 0 Å². The van der Waals surface area contributed by atoms with Crippen LogP contribution < -0.4 is 14.8 Å². The van der Waals surface area contributed by atoms with E-state index in [1.165, 1.54) is 11.8 Å². The first-order chi connectivity index (χ1) is 15.0. The molecule has 1 heterocycles. The number of allylic oxidation sites excluding steroid dienone is 1. The Labute approximate surface area is 186 Å². The van der Waals surface area contributed by atoms with Crippen LogP contribution in [0.3, 0.4) is 0 Å². The molecule has 0 radical (unpaired) electrons. The van der Waals surface area contributed by atoms with Gasteiger partial charge in [0.15, 0.2) is 11.0 Å². The highest BCUT2D eigenvalue weighted by Crippen LogP contribution is 2.24. The van der Waals surface area contributed by atoms with Gasteiger partial charge in [-0.3, -0.25) is 9.36 Å². The molecule has 0 saturated heterocycles. The van der Waals surface area contributed by atoms with Crippen LogP contribution in [0.5, 0.6) is 11.5 Å². The van der Waals surface area contributed by atoms with Gasteiger partial charge in [-0.05, 0) is 49.2 Å². The van der Waals surface area contributed by atoms with Gasteiger partial charge in [-0.15, -0.1) is 16.8 Å². The van der Waals surface area contributed by atoms with Gasteiger partial charge in [0.05, 0.1) is 18.6 Å². The van der Waals surface area contributed by atoms with E-state index in [0.717, 1.165) is 16.9 Å². The van der Waals surface area contributed by atoms with Crippen molar-refractivity contribution in [3.8, 4) is 11.5 Å². The van der Waals surface area contributed by atoms with Crippen molar-refractivity contribution in [3.63, 3.8) is 0 Å². The number of rotatable bonds is 10. The molecule has 0 bridgehead atoms. The second-order valence-electron chi connectivity index (χ2n) is 6.95. The summed E-state index contributed by atoms with van der Waals surface area (Å²) in [6, 6.07) is 13.3. The monoisotopic (exact) mass is 438 g/mol. The van der Waals surface area contributed by atoms with Crippen LogP contribution in [0.4, 0.5) is 5.69 Å². The molecule has 0 atom stereocenters. The van der Waals surface area contributed by atoms with E-state index in [-0.39, 0.29) is 18.3 Å². The zero-order valence-electron chi connectivity index (χ0n) is 17.9. The van der Waals surface area contributed by atoms with Gasteiger partial charge in [0.2, 0.25) is 5.91 Å². The van der Waals surface area contributed by atoms with Gasteiger partial charge in [-0.25, -0.2) is 0 Å². The minimum absolute atomic E-state index is 0.157. The van der Waals surface area contributed by atoms with Gasteiger partial charge < -0.3 is 14.8 Å². The lowest BCUT2D eigenvalue weighted by molar-refractivity contribution is -0.113. The number of nitrogens with zero attached hydrogens (tertiary/aromatic N) is 3. The first-order valence-electron chi connectivity index (χ1n) is 9.80. The normalized spacial score (nSPS) is 10.5. The molecule has 1 amide bonds. The van der Waals surface area contributed by atoms with E-state index in [2.05, 4.69) is 28.2 Å². The van der Waals surface area contributed by atoms with E-state index in [1.54, 1.807) is 25.3 Å². The van der Waals surface area contributed by atoms with Crippen LogP contribution in [-0.2, 0) is 17.9 Å². The lowest BCUT2D eigenvalue weighted by Crippen LogP contribution is -2.15. The van der Waals surface area contributed by atoms with Crippen LogP contribution in [0.25, 0.3) is 0 Å². The molecule has 31 heavy (non-hydrogen) atoms. The maximum atomic E-state index is 12.4. The summed E-state index contributed by atoms with van der Waals surface area (Å²) in [6.45, 7) is 8.67. The number of nitrogens with one attached hydrogen (secondary N) is 1. The Morgan fingerprint density at radius 3 is 2.65 bits per heavy atom. The largest absolute Gasteiger partial charge is 0.495 e. The second kappa shape index (κ2) is 10.7. The van der Waals surface area contributed by atoms with Crippen LogP contribution >= 0.6 is 11.8 Å². The molecule has 0 fully saturated rings. The predicted octanol–water partition coefficient (Wildman–Crippen LogP) is 4.40. The van der Waals surface area contributed by atoms with Gasteiger partial charge in [0, 0.05) is 6.54 Å². The van der Waals surface area contributed by atoms with Gasteiger partial charge in [-0.2, -0.15) is 0 Å². The third-order valence-electron chi connectivity index (χ3n) is 4.38. The average molecular weight is 439 g/mol. The number of hydrogen-bond donors (Lipinski definition) is 1. The number of carbonyl (C=O) groups excluding carboxylic acids is 1. The molecule has 3 aromatic rings. The standard InChI is InChI=1S/C23H26N4O3S/c1-5-10-27-21(14-30-18-12-16(2)11-17(3)13-18)25-26-23(27)31-15-22(28)24-19-8-6-7-9-20(19)29-4/h5-9,11-13H,1,10,14-15H2,2-4H3,(H,24,28). The van der Waals surface area contributed by atoms with Gasteiger partial charge in [-0.1, -0.05) is 36.0 Å². The molecule has 0 spiro atoms. The first-order valence-corrected chi connectivity index (χ1v) is 10.8. The molecule has 0 saturated carbocycles. The molecule has 0 aliphatic rings. The fourth-order valence-corrected chi connectivity index (χ4v) is 3.84. The minimum Gasteiger partial charge on any atom is -0.495 e. The van der Waals surface area contributed by atoms with E-state index in [4.69, 9.17) is 9.47 Å². The Balaban J connectivity index is 1.64. The van der Waals surface area contributed by atoms with E-state index < -0.39 is 0 Å². The number of carbonyl (C=O) groups is 1. The van der Waals surface area contributed by atoms with E-state index >= 15 is 0 Å². The summed E-state index contributed by atoms with van der Waals surface area (Å²) < 4.78 is 13.1. The van der Waals surface area contributed by atoms with Crippen LogP contribution in [0.15, 0.2) is 60.3 Å². The molecule has 162 valence electrons. The number of ether oxygens (including phenoxy) is 2. The Kier molecular flexibility index (Phi) is 7.72. The van der Waals surface area contributed by atoms with Gasteiger partial charge >= 0.3 is 0 Å². The smallest absolute Gasteiger partial charge is 0.234 e. The van der Waals surface area contributed by atoms with Crippen LogP contribution in [-0.4, -0.2) is 33.5 Å². The molecule has 7 nitrogen and oxygen atoms in total. The SMILES string of the molecule is C=CCn1c(COc2cc(C)cc(C)c2)nnc1SCC(=O)Nc1ccccc1OC. The number of hydrogen-bond acceptors (Lipinski definition) is 6. The number of anilines is 1. The fourth-order valence-electron chi connectivity index (χ4n) is 3.07. The number of thioether (sulfide) groups is 1. The van der Waals surface area contributed by atoms with Gasteiger partial charge in [0.25, 0.3) is 0 Å². The number of benzene rings is 2. The summed E-state index contributed by atoms with van der Waals surface area (Å²) in [7, 11) is 1.57. The molecular weight excluding hydrogens is 412 g/mol. The van der Waals surface area contributed by atoms with Crippen molar-refractivity contribution < 1.29 is 14.3 Å². The van der Waals surface area contributed by atoms with Crippen molar-refractivity contribution in [2.75, 3.05) is 18.2 Å². The predicted molar refractivity (Wildman–Crippen MR) is 123 cm³/mol. The van der Waals surface area contributed by atoms with E-state index in [0.29, 0.717) is 29.0 Å². The second-order valence-corrected chi connectivity index (χ2v) is 7.89. The summed E-state index contributed by atoms with van der Waals surface area (Å²) in [5, 5.41) is 12.0. The van der Waals surface area contributed by atoms with Crippen molar-refractivity contribution >= 4 is 23.4 Å². The molecule has 3 rings (SSSR count). The Morgan fingerprint density at radius 2 is 1.94 bits per heavy atom. The molecule has 8 heteroatoms. The van der Waals surface area contributed by atoms with Crippen molar-refractivity contribution in [1.82, 2.24) is 14.8 Å². The zero-order valence-corrected chi connectivity index (χ0v) is 18.7. The highest BCUT2D eigenvalue weighted by atomic mass is 32.2. The highest BCUT2D eigenvalue weighted by molar-refractivity contribution is 7.99. The molecule has 1 N–H and O–H groups in total. The Bertz CT molecular complexity index is 1040. The number of para-hydroxylation sites is 2. The van der Waals surface area contributed by atoms with E-state index in [9.17, 15) is 4.79 Å². The maximum Gasteiger partial charge on any atom is 0.234 e. The topological polar surface area (TPSA) is 78.3 Å². The molecule has 0 unspecified atom stereocenters. The molecule has 2 aromatic carbocycles. The molecule has 0 aliphatic carbocycles. The highest BCUT2D eigenvalue weighted by Gasteiger charge is 2.15. The fraction of sp³-hybridized carbons (Fsp3) is 0.261. The van der Waals surface area contributed by atoms with Gasteiger partial charge in [0.1, 0.15) is 18.1 Å². The summed E-state index contributed by atoms with van der Waals surface area (Å²) in [5.74, 6) is 2.10. The molecule has 0 aliphatic heterocycles. The number of methoxy groups -OCH3 is 1. The molecular formula is C23H26N4O3S. The number of aromatic nitrogens is 3. The summed E-state index contributed by atoms with van der Waals surface area (Å²) in [4.78, 5) is 12.4. The Morgan fingerprint density at radius 1 is 1.19 bits per heavy atom.